The number of nitrogens with zero attached hydrogens (tertiary/aromatic N) is 5. The number of aliphatic hydroxyl groups is 7. The summed E-state index contributed by atoms with van der Waals surface area (Å²) in [5.41, 5.74) is 61.3. The Morgan fingerprint density at radius 3 is 1.38 bits per heavy atom. The van der Waals surface area contributed by atoms with Crippen LogP contribution in [-0.4, -0.2) is 207 Å². The highest BCUT2D eigenvalue weighted by molar-refractivity contribution is 5.77. The van der Waals surface area contributed by atoms with Crippen molar-refractivity contribution in [3.8, 4) is 0 Å². The Morgan fingerprint density at radius 1 is 0.533 bits per heavy atom. The molecule has 4 fully saturated rings. The van der Waals surface area contributed by atoms with Crippen LogP contribution in [0.4, 0.5) is 0 Å². The third-order valence-electron chi connectivity index (χ3n) is 9.79. The molecule has 0 bridgehead atoms. The zero-order valence-corrected chi connectivity index (χ0v) is 32.0. The first-order chi connectivity index (χ1) is 28.1. The van der Waals surface area contributed by atoms with E-state index in [-0.39, 0.29) is 31.4 Å². The van der Waals surface area contributed by atoms with Crippen LogP contribution in [0.5, 0.6) is 0 Å². The number of aliphatic imine (C=N–C) groups is 5. The van der Waals surface area contributed by atoms with Crippen molar-refractivity contribution >= 4 is 35.8 Å². The van der Waals surface area contributed by atoms with Crippen molar-refractivity contribution in [1.82, 2.24) is 5.32 Å². The molecule has 4 aliphatic rings. The van der Waals surface area contributed by atoms with Crippen molar-refractivity contribution in [2.24, 2.45) is 88.0 Å². The van der Waals surface area contributed by atoms with E-state index in [2.05, 4.69) is 30.3 Å². The van der Waals surface area contributed by atoms with Gasteiger partial charge in [-0.25, -0.2) is 15.0 Å². The molecule has 3 saturated heterocycles. The van der Waals surface area contributed by atoms with E-state index in [0.29, 0.717) is 0 Å². The standard InChI is InChI=1S/C29H58N18O13/c30-24(31)42-2-7-13(50)15(52)10(46-28(38)39)21(55-7)58-18-6(45-27(36)37)1-5(44-26(34)35)12(49)20(18)60-23-17(54)19(9(4-48)57-23)59-22-11(47-29(40)41)16(53)14(51)8(56-22)3-43-25(32)33/h5-23,48-54H,1-4H2,(H4,30,31,42)(H4,32,33,43)(H4,34,35,44)(H4,36,37,45)(H4,38,39,46)(H4,40,41,47)/t5-,6+,7-,8+,9-,10-,11+,12+,13-,14+,15-,16+,17-,18-,19-,20-,21-,22+,23+/m1/s1. The largest absolute Gasteiger partial charge is 0.394 e. The van der Waals surface area contributed by atoms with Crippen LogP contribution in [0.25, 0.3) is 0 Å². The lowest BCUT2D eigenvalue weighted by Crippen LogP contribution is -2.67. The zero-order chi connectivity index (χ0) is 44.7. The Kier molecular flexibility index (Phi) is 16.4. The topological polar surface area (TPSA) is 581 Å². The number of aliphatic hydroxyl groups excluding tert-OH is 7. The minimum Gasteiger partial charge on any atom is -0.394 e. The maximum atomic E-state index is 11.8. The van der Waals surface area contributed by atoms with E-state index < -0.39 is 147 Å². The minimum atomic E-state index is -1.87. The van der Waals surface area contributed by atoms with Crippen molar-refractivity contribution < 1.29 is 64.2 Å². The molecule has 0 aromatic carbocycles. The number of nitrogens with two attached hydrogens (primary N) is 11. The number of guanidine groups is 6. The summed E-state index contributed by atoms with van der Waals surface area (Å²) in [5, 5.41) is 88.2. The van der Waals surface area contributed by atoms with Gasteiger partial charge in [0.25, 0.3) is 0 Å². The molecule has 1 saturated carbocycles. The third-order valence-corrected chi connectivity index (χ3v) is 9.79. The molecule has 0 radical (unpaired) electrons. The second-order valence-corrected chi connectivity index (χ2v) is 14.2. The van der Waals surface area contributed by atoms with Crippen LogP contribution in [0.2, 0.25) is 0 Å². The van der Waals surface area contributed by atoms with E-state index in [1.807, 2.05) is 0 Å². The van der Waals surface area contributed by atoms with Crippen molar-refractivity contribution in [3.63, 3.8) is 0 Å². The Balaban J connectivity index is 1.72. The van der Waals surface area contributed by atoms with E-state index in [1.165, 1.54) is 0 Å². The van der Waals surface area contributed by atoms with Gasteiger partial charge in [-0.3, -0.25) is 15.4 Å². The summed E-state index contributed by atoms with van der Waals surface area (Å²) in [6.45, 7) is -1.56. The summed E-state index contributed by atoms with van der Waals surface area (Å²) in [6, 6.07) is -5.42. The smallest absolute Gasteiger partial charge is 0.187 e. The number of ether oxygens (including phenoxy) is 6. The molecular formula is C29H58N18O13. The molecule has 31 N–H and O–H groups in total. The second-order valence-electron chi connectivity index (χ2n) is 14.2. The number of nitrogens with one attached hydrogen (secondary N) is 2. The Hall–Kier alpha value is -4.90. The van der Waals surface area contributed by atoms with Crippen LogP contribution in [0.3, 0.4) is 0 Å². The van der Waals surface area contributed by atoms with E-state index in [1.54, 1.807) is 0 Å². The lowest BCUT2D eigenvalue weighted by molar-refractivity contribution is -0.307. The van der Waals surface area contributed by atoms with Gasteiger partial charge in [-0.15, -0.1) is 0 Å². The van der Waals surface area contributed by atoms with E-state index >= 15 is 0 Å². The monoisotopic (exact) mass is 866 g/mol. The molecule has 1 aliphatic carbocycles. The van der Waals surface area contributed by atoms with Crippen molar-refractivity contribution in [3.05, 3.63) is 0 Å². The summed E-state index contributed by atoms with van der Waals surface area (Å²) in [7, 11) is 0. The molecule has 31 heteroatoms. The van der Waals surface area contributed by atoms with Gasteiger partial charge in [-0.2, -0.15) is 0 Å². The van der Waals surface area contributed by atoms with Crippen LogP contribution in [0.1, 0.15) is 6.42 Å². The average molecular weight is 867 g/mol. The maximum absolute atomic E-state index is 11.8. The third kappa shape index (κ3) is 11.7. The molecule has 0 amide bonds. The Labute approximate surface area is 341 Å². The second kappa shape index (κ2) is 20.6. The van der Waals surface area contributed by atoms with Crippen molar-refractivity contribution in [2.75, 3.05) is 19.7 Å². The normalized spacial score (nSPS) is 40.4. The minimum absolute atomic E-state index is 0.203. The van der Waals surface area contributed by atoms with E-state index in [4.69, 9.17) is 96.9 Å². The molecule has 4 rings (SSSR count). The predicted octanol–water partition coefficient (Wildman–Crippen LogP) is -12.8. The molecular weight excluding hydrogens is 808 g/mol. The fourth-order valence-corrected chi connectivity index (χ4v) is 7.13. The van der Waals surface area contributed by atoms with Crippen LogP contribution < -0.4 is 68.4 Å². The van der Waals surface area contributed by atoms with Crippen molar-refractivity contribution in [2.45, 2.75) is 123 Å². The number of rotatable bonds is 15. The highest BCUT2D eigenvalue weighted by Gasteiger charge is 2.56. The first-order valence-electron chi connectivity index (χ1n) is 18.2. The van der Waals surface area contributed by atoms with Gasteiger partial charge in [0.1, 0.15) is 85.3 Å². The predicted molar refractivity (Wildman–Crippen MR) is 207 cm³/mol. The quantitative estimate of drug-likeness (QED) is 0.0537. The first kappa shape index (κ1) is 47.8. The summed E-state index contributed by atoms with van der Waals surface area (Å²) < 4.78 is 36.2. The van der Waals surface area contributed by atoms with Gasteiger partial charge in [0.2, 0.25) is 0 Å². The highest BCUT2D eigenvalue weighted by Crippen LogP contribution is 2.37. The van der Waals surface area contributed by atoms with Gasteiger partial charge in [0.05, 0.1) is 31.8 Å². The van der Waals surface area contributed by atoms with Gasteiger partial charge in [0.15, 0.2) is 54.6 Å². The average Bonchev–Trinajstić information content (AvgIpc) is 3.44. The van der Waals surface area contributed by atoms with Crippen LogP contribution in [-0.2, 0) is 28.4 Å². The number of hydrogen-bond donors (Lipinski definition) is 20. The summed E-state index contributed by atoms with van der Waals surface area (Å²) in [6.07, 6.45) is -24.6. The van der Waals surface area contributed by atoms with Gasteiger partial charge in [-0.05, 0) is 6.42 Å². The van der Waals surface area contributed by atoms with E-state index in [9.17, 15) is 35.7 Å². The molecule has 60 heavy (non-hydrogen) atoms. The van der Waals surface area contributed by atoms with Gasteiger partial charge in [0, 0.05) is 0 Å². The Morgan fingerprint density at radius 2 is 0.967 bits per heavy atom. The van der Waals surface area contributed by atoms with Crippen LogP contribution >= 0.6 is 0 Å². The molecule has 0 aromatic rings. The van der Waals surface area contributed by atoms with Crippen LogP contribution in [0, 0.1) is 5.41 Å². The van der Waals surface area contributed by atoms with E-state index in [0.717, 1.165) is 0 Å². The lowest BCUT2D eigenvalue weighted by atomic mass is 9.83. The molecule has 342 valence electrons. The van der Waals surface area contributed by atoms with Gasteiger partial charge < -0.3 is 133 Å². The molecule has 0 unspecified atom stereocenters. The summed E-state index contributed by atoms with van der Waals surface area (Å²) in [5.74, 6) is -2.88. The molecule has 31 nitrogen and oxygen atoms in total. The molecule has 3 aliphatic heterocycles. The zero-order valence-electron chi connectivity index (χ0n) is 32.0. The SMILES string of the molecule is N=C(N)N[C@H]1C[C@@H](N=C(N)N)[C@H](O)[C@@H](O[C@@H]2O[C@H](CO)[C@@H](O[C@@H]3O[C@@H](CN=C(N)N)[C@H](O)[C@@H](O)[C@@H]3N=C(N)N)[C@H]2O)[C@@H]1O[C@H]1O[C@H](CN=C(N)N)[C@@H](O)[C@H](O)[C@H]1N=C(N)N. The van der Waals surface area contributed by atoms with Gasteiger partial charge >= 0.3 is 0 Å². The molecule has 19 atom stereocenters. The maximum Gasteiger partial charge on any atom is 0.187 e. The Bertz CT molecular complexity index is 1590. The molecule has 3 heterocycles. The van der Waals surface area contributed by atoms with Crippen molar-refractivity contribution in [1.29, 1.82) is 5.41 Å². The van der Waals surface area contributed by atoms with Crippen LogP contribution in [0.15, 0.2) is 25.0 Å². The highest BCUT2D eigenvalue weighted by atomic mass is 16.8. The fraction of sp³-hybridized carbons (Fsp3) is 0.793. The first-order valence-corrected chi connectivity index (χ1v) is 18.2. The lowest BCUT2D eigenvalue weighted by Gasteiger charge is -2.48. The summed E-state index contributed by atoms with van der Waals surface area (Å²) >= 11 is 0. The fourth-order valence-electron chi connectivity index (χ4n) is 7.13. The molecule has 0 spiro atoms. The summed E-state index contributed by atoms with van der Waals surface area (Å²) in [4.78, 5) is 19.6. The number of hydrogen-bond acceptors (Lipinski definition) is 19. The van der Waals surface area contributed by atoms with Gasteiger partial charge in [-0.1, -0.05) is 0 Å². The molecule has 0 aromatic heterocycles.